The van der Waals surface area contributed by atoms with Crippen LogP contribution in [0.5, 0.6) is 11.5 Å². The van der Waals surface area contributed by atoms with Gasteiger partial charge in [-0.3, -0.25) is 0 Å². The van der Waals surface area contributed by atoms with Crippen LogP contribution >= 0.6 is 0 Å². The van der Waals surface area contributed by atoms with Crippen molar-refractivity contribution in [1.29, 1.82) is 0 Å². The Labute approximate surface area is 184 Å². The van der Waals surface area contributed by atoms with Gasteiger partial charge in [0.05, 0.1) is 13.7 Å². The first kappa shape index (κ1) is 20.8. The number of rotatable bonds is 9. The Bertz CT molecular complexity index is 1110. The summed E-state index contributed by atoms with van der Waals surface area (Å²) in [7, 11) is 1.70. The molecular formula is C28H29NO2. The number of ether oxygens (including phenoxy) is 2. The van der Waals surface area contributed by atoms with Crippen LogP contribution in [0.2, 0.25) is 0 Å². The van der Waals surface area contributed by atoms with Crippen LogP contribution in [0.4, 0.5) is 5.69 Å². The lowest BCUT2D eigenvalue weighted by atomic mass is 9.97. The van der Waals surface area contributed by atoms with Crippen LogP contribution in [0.15, 0.2) is 91.0 Å². The molecule has 3 heteroatoms. The number of benzene rings is 4. The summed E-state index contributed by atoms with van der Waals surface area (Å²) in [6.45, 7) is 3.80. The third-order valence-corrected chi connectivity index (χ3v) is 5.61. The Morgan fingerprint density at radius 3 is 2.26 bits per heavy atom. The normalized spacial score (nSPS) is 11.8. The van der Waals surface area contributed by atoms with Gasteiger partial charge in [-0.2, -0.15) is 0 Å². The fourth-order valence-electron chi connectivity index (χ4n) is 3.67. The van der Waals surface area contributed by atoms with Crippen LogP contribution in [0.1, 0.15) is 24.0 Å². The topological polar surface area (TPSA) is 30.5 Å². The first-order valence-electron chi connectivity index (χ1n) is 10.8. The monoisotopic (exact) mass is 411 g/mol. The molecule has 0 radical (unpaired) electrons. The summed E-state index contributed by atoms with van der Waals surface area (Å²) in [5.74, 6) is 2.19. The maximum Gasteiger partial charge on any atom is 0.119 e. The number of hydrogen-bond acceptors (Lipinski definition) is 3. The quantitative estimate of drug-likeness (QED) is 0.333. The molecule has 0 aliphatic heterocycles. The van der Waals surface area contributed by atoms with E-state index in [1.165, 1.54) is 21.9 Å². The molecule has 4 aromatic rings. The largest absolute Gasteiger partial charge is 0.497 e. The fraction of sp³-hybridized carbons (Fsp3) is 0.214. The van der Waals surface area contributed by atoms with Gasteiger partial charge in [-0.15, -0.1) is 0 Å². The van der Waals surface area contributed by atoms with E-state index < -0.39 is 0 Å². The van der Waals surface area contributed by atoms with E-state index in [4.69, 9.17) is 9.47 Å². The lowest BCUT2D eigenvalue weighted by Gasteiger charge is -2.15. The summed E-state index contributed by atoms with van der Waals surface area (Å²) in [6, 6.07) is 31.5. The molecule has 0 amide bonds. The molecule has 0 aliphatic rings. The lowest BCUT2D eigenvalue weighted by molar-refractivity contribution is 0.322. The van der Waals surface area contributed by atoms with E-state index in [2.05, 4.69) is 79.0 Å². The number of methoxy groups -OCH3 is 1. The molecule has 0 spiro atoms. The zero-order valence-electron chi connectivity index (χ0n) is 18.2. The molecule has 0 aromatic heterocycles. The van der Waals surface area contributed by atoms with Crippen molar-refractivity contribution in [3.05, 3.63) is 102 Å². The van der Waals surface area contributed by atoms with Crippen LogP contribution in [0, 0.1) is 0 Å². The Morgan fingerprint density at radius 1 is 0.774 bits per heavy atom. The van der Waals surface area contributed by atoms with Crippen LogP contribution < -0.4 is 14.8 Å². The summed E-state index contributed by atoms with van der Waals surface area (Å²) < 4.78 is 11.2. The van der Waals surface area contributed by atoms with Gasteiger partial charge in [0.15, 0.2) is 0 Å². The summed E-state index contributed by atoms with van der Waals surface area (Å²) in [4.78, 5) is 0. The Morgan fingerprint density at radius 2 is 1.48 bits per heavy atom. The molecule has 0 aliphatic carbocycles. The van der Waals surface area contributed by atoms with Crippen LogP contribution in [0.25, 0.3) is 10.8 Å². The Balaban J connectivity index is 1.29. The average molecular weight is 412 g/mol. The van der Waals surface area contributed by atoms with Crippen molar-refractivity contribution < 1.29 is 9.47 Å². The summed E-state index contributed by atoms with van der Waals surface area (Å²) >= 11 is 0. The van der Waals surface area contributed by atoms with Crippen molar-refractivity contribution in [2.45, 2.75) is 19.3 Å². The van der Waals surface area contributed by atoms with E-state index in [0.29, 0.717) is 12.5 Å². The van der Waals surface area contributed by atoms with Crippen LogP contribution in [0.3, 0.4) is 0 Å². The second-order valence-electron chi connectivity index (χ2n) is 7.86. The molecule has 158 valence electrons. The highest BCUT2D eigenvalue weighted by atomic mass is 16.5. The second-order valence-corrected chi connectivity index (χ2v) is 7.86. The fourth-order valence-corrected chi connectivity index (χ4v) is 3.67. The lowest BCUT2D eigenvalue weighted by Crippen LogP contribution is -2.09. The maximum atomic E-state index is 5.88. The summed E-state index contributed by atoms with van der Waals surface area (Å²) in [5.41, 5.74) is 3.72. The van der Waals surface area contributed by atoms with Crippen molar-refractivity contribution in [3.63, 3.8) is 0 Å². The molecule has 3 nitrogen and oxygen atoms in total. The number of fused-ring (bicyclic) bond motifs is 1. The molecule has 0 heterocycles. The molecular weight excluding hydrogens is 382 g/mol. The maximum absolute atomic E-state index is 5.88. The predicted molar refractivity (Wildman–Crippen MR) is 129 cm³/mol. The number of anilines is 1. The highest BCUT2D eigenvalue weighted by molar-refractivity contribution is 5.84. The van der Waals surface area contributed by atoms with Crippen molar-refractivity contribution in [2.24, 2.45) is 0 Å². The molecule has 1 unspecified atom stereocenters. The molecule has 4 rings (SSSR count). The number of nitrogens with one attached hydrogen (secondary N) is 1. The van der Waals surface area contributed by atoms with Crippen molar-refractivity contribution in [3.8, 4) is 11.5 Å². The third-order valence-electron chi connectivity index (χ3n) is 5.61. The van der Waals surface area contributed by atoms with E-state index in [1.54, 1.807) is 7.11 Å². The third kappa shape index (κ3) is 5.58. The summed E-state index contributed by atoms with van der Waals surface area (Å²) in [6.07, 6.45) is 0.914. The van der Waals surface area contributed by atoms with Crippen LogP contribution in [-0.4, -0.2) is 20.3 Å². The number of hydrogen-bond donors (Lipinski definition) is 1. The molecule has 31 heavy (non-hydrogen) atoms. The zero-order chi connectivity index (χ0) is 21.5. The molecule has 0 saturated carbocycles. The first-order valence-corrected chi connectivity index (χ1v) is 10.8. The van der Waals surface area contributed by atoms with Crippen molar-refractivity contribution in [1.82, 2.24) is 0 Å². The smallest absolute Gasteiger partial charge is 0.119 e. The van der Waals surface area contributed by atoms with Crippen LogP contribution in [-0.2, 0) is 6.42 Å². The van der Waals surface area contributed by atoms with Gasteiger partial charge in [0.25, 0.3) is 0 Å². The van der Waals surface area contributed by atoms with Gasteiger partial charge in [-0.1, -0.05) is 61.5 Å². The Hall–Kier alpha value is -3.46. The first-order chi connectivity index (χ1) is 15.2. The van der Waals surface area contributed by atoms with E-state index in [9.17, 15) is 0 Å². The minimum absolute atomic E-state index is 0.397. The SMILES string of the molecule is COc1ccc2cc(C(C)CNc3ccc(OCCc4ccccc4)cc3)ccc2c1. The van der Waals surface area contributed by atoms with Gasteiger partial charge in [0.2, 0.25) is 0 Å². The molecule has 1 atom stereocenters. The molecule has 0 bridgehead atoms. The second kappa shape index (κ2) is 10.0. The van der Waals surface area contributed by atoms with Gasteiger partial charge >= 0.3 is 0 Å². The van der Waals surface area contributed by atoms with Gasteiger partial charge in [-0.05, 0) is 64.2 Å². The zero-order valence-corrected chi connectivity index (χ0v) is 18.2. The van der Waals surface area contributed by atoms with Gasteiger partial charge in [-0.25, -0.2) is 0 Å². The molecule has 4 aromatic carbocycles. The molecule has 0 fully saturated rings. The Kier molecular flexibility index (Phi) is 6.73. The van der Waals surface area contributed by atoms with E-state index in [1.807, 2.05) is 24.3 Å². The van der Waals surface area contributed by atoms with E-state index >= 15 is 0 Å². The highest BCUT2D eigenvalue weighted by Crippen LogP contribution is 2.25. The standard InChI is InChI=1S/C28H29NO2/c1-21(23-8-9-25-19-28(30-2)13-10-24(25)18-23)20-29-26-11-14-27(15-12-26)31-17-16-22-6-4-3-5-7-22/h3-15,18-19,21,29H,16-17,20H2,1-2H3. The van der Waals surface area contributed by atoms with Gasteiger partial charge in [0, 0.05) is 18.7 Å². The minimum Gasteiger partial charge on any atom is -0.497 e. The predicted octanol–water partition coefficient (Wildman–Crippen LogP) is 6.69. The highest BCUT2D eigenvalue weighted by Gasteiger charge is 2.07. The average Bonchev–Trinajstić information content (AvgIpc) is 2.83. The van der Waals surface area contributed by atoms with Gasteiger partial charge in [0.1, 0.15) is 11.5 Å². The minimum atomic E-state index is 0.397. The summed E-state index contributed by atoms with van der Waals surface area (Å²) in [5, 5.41) is 5.98. The van der Waals surface area contributed by atoms with Crippen molar-refractivity contribution in [2.75, 3.05) is 25.6 Å². The van der Waals surface area contributed by atoms with E-state index in [-0.39, 0.29) is 0 Å². The molecule has 0 saturated heterocycles. The van der Waals surface area contributed by atoms with Gasteiger partial charge < -0.3 is 14.8 Å². The molecule has 1 N–H and O–H groups in total. The van der Waals surface area contributed by atoms with Crippen molar-refractivity contribution >= 4 is 16.5 Å². The van der Waals surface area contributed by atoms with E-state index in [0.717, 1.165) is 30.2 Å².